The molecule has 1 aromatic carbocycles. The molecular weight excluding hydrogens is 260 g/mol. The van der Waals surface area contributed by atoms with Crippen LogP contribution in [0.25, 0.3) is 0 Å². The molecule has 2 aromatic rings. The van der Waals surface area contributed by atoms with E-state index in [0.717, 1.165) is 0 Å². The van der Waals surface area contributed by atoms with Crippen LogP contribution in [-0.2, 0) is 10.2 Å². The molecule has 0 spiro atoms. The zero-order chi connectivity index (χ0) is 14.8. The van der Waals surface area contributed by atoms with Gasteiger partial charge in [-0.05, 0) is 31.5 Å². The highest BCUT2D eigenvalue weighted by molar-refractivity contribution is 6.02. The first-order chi connectivity index (χ1) is 9.41. The number of nitrogens with zero attached hydrogens (tertiary/aromatic N) is 1. The third-order valence-electron chi connectivity index (χ3n) is 3.07. The van der Waals surface area contributed by atoms with Crippen molar-refractivity contribution in [3.8, 4) is 0 Å². The van der Waals surface area contributed by atoms with E-state index in [1.807, 2.05) is 0 Å². The minimum atomic E-state index is -0.978. The summed E-state index contributed by atoms with van der Waals surface area (Å²) in [5.41, 5.74) is 0.418. The average Bonchev–Trinajstić information content (AvgIpc) is 2.93. The van der Waals surface area contributed by atoms with E-state index in [2.05, 4.69) is 15.0 Å². The Balaban J connectivity index is 2.13. The Labute approximate surface area is 115 Å². The predicted octanol–water partition coefficient (Wildman–Crippen LogP) is 2.29. The Hall–Kier alpha value is -2.63. The van der Waals surface area contributed by atoms with E-state index >= 15 is 0 Å². The van der Waals surface area contributed by atoms with Crippen LogP contribution in [0.2, 0.25) is 0 Å². The van der Waals surface area contributed by atoms with Crippen LogP contribution in [0.4, 0.5) is 5.69 Å². The molecule has 0 radical (unpaired) electrons. The second-order valence-electron chi connectivity index (χ2n) is 4.85. The highest BCUT2D eigenvalue weighted by Gasteiger charge is 2.29. The third kappa shape index (κ3) is 2.69. The van der Waals surface area contributed by atoms with E-state index < -0.39 is 11.4 Å². The number of carbonyl (C=O) groups excluding carboxylic acids is 1. The van der Waals surface area contributed by atoms with Gasteiger partial charge in [-0.25, -0.2) is 0 Å². The first-order valence-corrected chi connectivity index (χ1v) is 5.97. The van der Waals surface area contributed by atoms with Crippen molar-refractivity contribution in [2.24, 2.45) is 0 Å². The number of nitrogens with one attached hydrogen (secondary N) is 1. The van der Waals surface area contributed by atoms with Crippen LogP contribution >= 0.6 is 0 Å². The highest BCUT2D eigenvalue weighted by atomic mass is 16.5. The summed E-state index contributed by atoms with van der Waals surface area (Å²) in [5.74, 6) is -1.29. The molecule has 2 N–H and O–H groups in total. The molecule has 0 saturated heterocycles. The number of benzene rings is 1. The fraction of sp³-hybridized carbons (Fsp3) is 0.214. The topological polar surface area (TPSA) is 92.4 Å². The molecule has 0 atom stereocenters. The Morgan fingerprint density at radius 3 is 2.35 bits per heavy atom. The van der Waals surface area contributed by atoms with Gasteiger partial charge in [0.1, 0.15) is 6.26 Å². The summed E-state index contributed by atoms with van der Waals surface area (Å²) >= 11 is 0. The molecule has 0 aliphatic heterocycles. The van der Waals surface area contributed by atoms with E-state index in [9.17, 15) is 9.59 Å². The van der Waals surface area contributed by atoms with Gasteiger partial charge in [0.05, 0.1) is 5.41 Å². The molecule has 1 amide bonds. The van der Waals surface area contributed by atoms with Gasteiger partial charge in [0.2, 0.25) is 0 Å². The molecule has 6 nitrogen and oxygen atoms in total. The molecule has 104 valence electrons. The summed E-state index contributed by atoms with van der Waals surface area (Å²) in [6.45, 7) is 3.25. The molecule has 0 aliphatic carbocycles. The maximum atomic E-state index is 11.7. The van der Waals surface area contributed by atoms with Crippen LogP contribution in [0.1, 0.15) is 29.9 Å². The van der Waals surface area contributed by atoms with Crippen molar-refractivity contribution in [2.75, 3.05) is 5.32 Å². The van der Waals surface area contributed by atoms with E-state index in [1.54, 1.807) is 38.1 Å². The van der Waals surface area contributed by atoms with Crippen molar-refractivity contribution in [2.45, 2.75) is 19.3 Å². The van der Waals surface area contributed by atoms with Crippen LogP contribution < -0.4 is 5.32 Å². The van der Waals surface area contributed by atoms with Gasteiger partial charge in [-0.3, -0.25) is 9.59 Å². The maximum absolute atomic E-state index is 11.7. The van der Waals surface area contributed by atoms with Crippen molar-refractivity contribution in [3.05, 3.63) is 47.9 Å². The molecular formula is C14H14N2O4. The normalized spacial score (nSPS) is 11.1. The van der Waals surface area contributed by atoms with Gasteiger partial charge < -0.3 is 14.9 Å². The minimum Gasteiger partial charge on any atom is -0.481 e. The summed E-state index contributed by atoms with van der Waals surface area (Å²) in [5, 5.41) is 15.3. The van der Waals surface area contributed by atoms with Crippen molar-refractivity contribution in [3.63, 3.8) is 0 Å². The van der Waals surface area contributed by atoms with Gasteiger partial charge in [-0.1, -0.05) is 17.3 Å². The largest absolute Gasteiger partial charge is 0.481 e. The van der Waals surface area contributed by atoms with Crippen LogP contribution in [0, 0.1) is 0 Å². The third-order valence-corrected chi connectivity index (χ3v) is 3.07. The van der Waals surface area contributed by atoms with Crippen LogP contribution in [0.15, 0.2) is 41.1 Å². The lowest BCUT2D eigenvalue weighted by Gasteiger charge is -2.19. The average molecular weight is 274 g/mol. The fourth-order valence-corrected chi connectivity index (χ4v) is 1.62. The number of amides is 1. The minimum absolute atomic E-state index is 0.181. The molecule has 6 heteroatoms. The van der Waals surface area contributed by atoms with E-state index in [4.69, 9.17) is 5.11 Å². The smallest absolute Gasteiger partial charge is 0.313 e. The Bertz CT molecular complexity index is 615. The molecule has 1 heterocycles. The molecule has 20 heavy (non-hydrogen) atoms. The van der Waals surface area contributed by atoms with Crippen molar-refractivity contribution < 1.29 is 19.2 Å². The Kier molecular flexibility index (Phi) is 3.56. The van der Waals surface area contributed by atoms with E-state index in [-0.39, 0.29) is 11.6 Å². The maximum Gasteiger partial charge on any atom is 0.313 e. The quantitative estimate of drug-likeness (QED) is 0.892. The number of aromatic nitrogens is 1. The highest BCUT2D eigenvalue weighted by Crippen LogP contribution is 2.24. The monoisotopic (exact) mass is 274 g/mol. The van der Waals surface area contributed by atoms with Gasteiger partial charge in [0, 0.05) is 11.8 Å². The molecule has 0 fully saturated rings. The molecule has 0 bridgehead atoms. The number of carboxylic acids is 1. The molecule has 2 rings (SSSR count). The fourth-order valence-electron chi connectivity index (χ4n) is 1.62. The number of hydrogen-bond donors (Lipinski definition) is 2. The van der Waals surface area contributed by atoms with E-state index in [0.29, 0.717) is 11.3 Å². The Morgan fingerprint density at radius 2 is 1.85 bits per heavy atom. The van der Waals surface area contributed by atoms with Crippen LogP contribution in [0.3, 0.4) is 0 Å². The van der Waals surface area contributed by atoms with Crippen molar-refractivity contribution in [1.82, 2.24) is 5.16 Å². The lowest BCUT2D eigenvalue weighted by molar-refractivity contribution is -0.142. The summed E-state index contributed by atoms with van der Waals surface area (Å²) in [7, 11) is 0. The number of rotatable bonds is 4. The van der Waals surface area contributed by atoms with Gasteiger partial charge in [0.15, 0.2) is 5.69 Å². The predicted molar refractivity (Wildman–Crippen MR) is 71.6 cm³/mol. The van der Waals surface area contributed by atoms with E-state index in [1.165, 1.54) is 12.3 Å². The van der Waals surface area contributed by atoms with Crippen molar-refractivity contribution in [1.29, 1.82) is 0 Å². The summed E-state index contributed by atoms with van der Waals surface area (Å²) < 4.78 is 4.59. The SMILES string of the molecule is CC(C)(C(=O)O)c1ccc(NC(=O)c2ccon2)cc1. The standard InChI is InChI=1S/C14H14N2O4/c1-14(2,13(18)19)9-3-5-10(6-4-9)15-12(17)11-7-8-20-16-11/h3-8H,1-2H3,(H,15,17)(H,18,19). The van der Waals surface area contributed by atoms with Gasteiger partial charge in [-0.15, -0.1) is 0 Å². The van der Waals surface area contributed by atoms with Crippen LogP contribution in [0.5, 0.6) is 0 Å². The second-order valence-corrected chi connectivity index (χ2v) is 4.85. The number of aliphatic carboxylic acids is 1. The zero-order valence-electron chi connectivity index (χ0n) is 11.1. The number of carboxylic acid groups (broad SMARTS) is 1. The summed E-state index contributed by atoms with van der Waals surface area (Å²) in [6.07, 6.45) is 1.31. The van der Waals surface area contributed by atoms with Crippen molar-refractivity contribution >= 4 is 17.6 Å². The lowest BCUT2D eigenvalue weighted by atomic mass is 9.85. The first kappa shape index (κ1) is 13.8. The first-order valence-electron chi connectivity index (χ1n) is 5.97. The second kappa shape index (κ2) is 5.16. The van der Waals surface area contributed by atoms with Gasteiger partial charge in [0.25, 0.3) is 5.91 Å². The zero-order valence-corrected chi connectivity index (χ0v) is 11.1. The number of carbonyl (C=O) groups is 2. The van der Waals surface area contributed by atoms with Gasteiger partial charge in [-0.2, -0.15) is 0 Å². The molecule has 0 aliphatic rings. The van der Waals surface area contributed by atoms with Gasteiger partial charge >= 0.3 is 5.97 Å². The summed E-state index contributed by atoms with van der Waals surface area (Å²) in [4.78, 5) is 22.9. The molecule has 0 saturated carbocycles. The number of hydrogen-bond acceptors (Lipinski definition) is 4. The van der Waals surface area contributed by atoms with Crippen LogP contribution in [-0.4, -0.2) is 22.1 Å². The lowest BCUT2D eigenvalue weighted by Crippen LogP contribution is -2.28. The Morgan fingerprint density at radius 1 is 1.20 bits per heavy atom. The number of anilines is 1. The summed E-state index contributed by atoms with van der Waals surface area (Å²) in [6, 6.07) is 8.10. The molecule has 0 unspecified atom stereocenters. The molecule has 1 aromatic heterocycles.